The zero-order valence-corrected chi connectivity index (χ0v) is 17.9. The Hall–Kier alpha value is -2.51. The van der Waals surface area contributed by atoms with E-state index in [-0.39, 0.29) is 21.7 Å². The number of rotatable bonds is 9. The zero-order valence-electron chi connectivity index (χ0n) is 16.3. The summed E-state index contributed by atoms with van der Waals surface area (Å²) in [4.78, 5) is 4.42. The predicted molar refractivity (Wildman–Crippen MR) is 113 cm³/mol. The highest BCUT2D eigenvalue weighted by atomic mass is 35.5. The van der Waals surface area contributed by atoms with E-state index in [4.69, 9.17) is 20.8 Å². The fraction of sp³-hybridized carbons (Fsp3) is 0.286. The fourth-order valence-corrected chi connectivity index (χ4v) is 4.09. The van der Waals surface area contributed by atoms with Crippen LogP contribution in [0.2, 0.25) is 5.02 Å². The van der Waals surface area contributed by atoms with Gasteiger partial charge in [0.2, 0.25) is 26.6 Å². The molecule has 0 unspecified atom stereocenters. The van der Waals surface area contributed by atoms with E-state index in [1.807, 2.05) is 6.92 Å². The molecule has 0 saturated heterocycles. The van der Waals surface area contributed by atoms with E-state index in [0.717, 1.165) is 18.6 Å². The smallest absolute Gasteiger partial charge is 0.233 e. The highest BCUT2D eigenvalue weighted by Crippen LogP contribution is 2.33. The molecular weight excluding hydrogens is 412 g/mol. The van der Waals surface area contributed by atoms with Crippen LogP contribution in [0.25, 0.3) is 11.5 Å². The molecule has 6 nitrogen and oxygen atoms in total. The molecule has 8 heteroatoms. The first-order chi connectivity index (χ1) is 14.0. The monoisotopic (exact) mass is 434 g/mol. The number of anilines is 1. The van der Waals surface area contributed by atoms with Crippen LogP contribution in [0.1, 0.15) is 26.7 Å². The van der Waals surface area contributed by atoms with Crippen LogP contribution in [0, 0.1) is 0 Å². The van der Waals surface area contributed by atoms with Crippen molar-refractivity contribution in [2.75, 3.05) is 18.5 Å². The molecule has 2 aromatic carbocycles. The van der Waals surface area contributed by atoms with Crippen LogP contribution in [-0.2, 0) is 9.84 Å². The molecule has 29 heavy (non-hydrogen) atoms. The second-order valence-corrected chi connectivity index (χ2v) is 8.65. The van der Waals surface area contributed by atoms with Gasteiger partial charge in [0.1, 0.15) is 5.75 Å². The quantitative estimate of drug-likeness (QED) is 0.451. The van der Waals surface area contributed by atoms with Crippen molar-refractivity contribution in [3.05, 3.63) is 53.6 Å². The molecule has 0 aliphatic heterocycles. The Morgan fingerprint density at radius 1 is 1.07 bits per heavy atom. The van der Waals surface area contributed by atoms with Gasteiger partial charge < -0.3 is 14.5 Å². The van der Waals surface area contributed by atoms with Gasteiger partial charge in [-0.25, -0.2) is 8.42 Å². The Balaban J connectivity index is 2.01. The molecule has 1 aromatic heterocycles. The van der Waals surface area contributed by atoms with E-state index < -0.39 is 9.84 Å². The number of halogens is 1. The molecule has 0 fully saturated rings. The largest absolute Gasteiger partial charge is 0.494 e. The number of hydrogen-bond acceptors (Lipinski definition) is 6. The van der Waals surface area contributed by atoms with Crippen LogP contribution in [0.3, 0.4) is 0 Å². The van der Waals surface area contributed by atoms with Crippen molar-refractivity contribution in [2.45, 2.75) is 36.6 Å². The summed E-state index contributed by atoms with van der Waals surface area (Å²) >= 11 is 5.89. The topological polar surface area (TPSA) is 81.4 Å². The SMILES string of the molecule is CCCCNc1oc(-c2ccc(OCC)cc2)nc1S(=O)(=O)c1ccc(Cl)cc1. The van der Waals surface area contributed by atoms with Gasteiger partial charge in [-0.3, -0.25) is 0 Å². The number of nitrogens with one attached hydrogen (secondary N) is 1. The lowest BCUT2D eigenvalue weighted by atomic mass is 10.2. The molecule has 0 saturated carbocycles. The van der Waals surface area contributed by atoms with Gasteiger partial charge in [-0.15, -0.1) is 0 Å². The molecule has 0 spiro atoms. The van der Waals surface area contributed by atoms with E-state index in [1.54, 1.807) is 24.3 Å². The average Bonchev–Trinajstić information content (AvgIpc) is 3.14. The Morgan fingerprint density at radius 2 is 1.76 bits per heavy atom. The van der Waals surface area contributed by atoms with Crippen molar-refractivity contribution in [3.63, 3.8) is 0 Å². The van der Waals surface area contributed by atoms with Gasteiger partial charge in [0.25, 0.3) is 0 Å². The molecular formula is C21H23ClN2O4S. The van der Waals surface area contributed by atoms with Crippen molar-refractivity contribution in [1.82, 2.24) is 4.98 Å². The van der Waals surface area contributed by atoms with Gasteiger partial charge >= 0.3 is 0 Å². The molecule has 1 N–H and O–H groups in total. The van der Waals surface area contributed by atoms with E-state index in [2.05, 4.69) is 17.2 Å². The van der Waals surface area contributed by atoms with Crippen LogP contribution in [0.5, 0.6) is 5.75 Å². The highest BCUT2D eigenvalue weighted by molar-refractivity contribution is 7.91. The van der Waals surface area contributed by atoms with Crippen LogP contribution in [-0.4, -0.2) is 26.6 Å². The van der Waals surface area contributed by atoms with Crippen molar-refractivity contribution >= 4 is 27.3 Å². The van der Waals surface area contributed by atoms with Gasteiger partial charge in [0.15, 0.2) is 0 Å². The lowest BCUT2D eigenvalue weighted by Crippen LogP contribution is -2.08. The van der Waals surface area contributed by atoms with Crippen LogP contribution < -0.4 is 10.1 Å². The Morgan fingerprint density at radius 3 is 2.38 bits per heavy atom. The van der Waals surface area contributed by atoms with Gasteiger partial charge in [0.05, 0.1) is 11.5 Å². The van der Waals surface area contributed by atoms with Gasteiger partial charge in [-0.2, -0.15) is 4.98 Å². The highest BCUT2D eigenvalue weighted by Gasteiger charge is 2.28. The molecule has 1 heterocycles. The summed E-state index contributed by atoms with van der Waals surface area (Å²) in [5, 5.41) is 3.38. The minimum atomic E-state index is -3.88. The average molecular weight is 435 g/mol. The summed E-state index contributed by atoms with van der Waals surface area (Å²) in [6, 6.07) is 13.1. The number of hydrogen-bond donors (Lipinski definition) is 1. The minimum absolute atomic E-state index is 0.104. The molecule has 154 valence electrons. The Kier molecular flexibility index (Phi) is 6.82. The molecule has 3 rings (SSSR count). The summed E-state index contributed by atoms with van der Waals surface area (Å²) in [6.07, 6.45) is 1.84. The molecule has 0 radical (unpaired) electrons. The summed E-state index contributed by atoms with van der Waals surface area (Å²) in [6.45, 7) is 5.10. The van der Waals surface area contributed by atoms with Crippen molar-refractivity contribution in [3.8, 4) is 17.2 Å². The number of unbranched alkanes of at least 4 members (excludes halogenated alkanes) is 1. The number of aromatic nitrogens is 1. The number of nitrogens with zero attached hydrogens (tertiary/aromatic N) is 1. The second kappa shape index (κ2) is 9.33. The molecule has 0 atom stereocenters. The van der Waals surface area contributed by atoms with Gasteiger partial charge in [-0.1, -0.05) is 24.9 Å². The lowest BCUT2D eigenvalue weighted by molar-refractivity contribution is 0.340. The predicted octanol–water partition coefficient (Wildman–Crippen LogP) is 5.44. The summed E-state index contributed by atoms with van der Waals surface area (Å²) in [5.41, 5.74) is 0.657. The van der Waals surface area contributed by atoms with Crippen LogP contribution >= 0.6 is 11.6 Å². The second-order valence-electron chi connectivity index (χ2n) is 6.35. The Bertz CT molecular complexity index is 1050. The molecule has 0 amide bonds. The maximum atomic E-state index is 13.2. The first kappa shape index (κ1) is 21.2. The molecule has 0 aliphatic carbocycles. The number of benzene rings is 2. The zero-order chi connectivity index (χ0) is 20.9. The molecule has 3 aromatic rings. The number of ether oxygens (including phenoxy) is 1. The molecule has 0 bridgehead atoms. The van der Waals surface area contributed by atoms with E-state index in [9.17, 15) is 8.42 Å². The third-order valence-corrected chi connectivity index (χ3v) is 6.13. The van der Waals surface area contributed by atoms with Gasteiger partial charge in [-0.05, 0) is 61.9 Å². The van der Waals surface area contributed by atoms with Gasteiger partial charge in [0, 0.05) is 17.1 Å². The summed E-state index contributed by atoms with van der Waals surface area (Å²) < 4.78 is 37.6. The summed E-state index contributed by atoms with van der Waals surface area (Å²) in [7, 11) is -3.88. The van der Waals surface area contributed by atoms with Crippen molar-refractivity contribution in [2.24, 2.45) is 0 Å². The first-order valence-electron chi connectivity index (χ1n) is 9.44. The minimum Gasteiger partial charge on any atom is -0.494 e. The molecule has 0 aliphatic rings. The number of sulfone groups is 1. The Labute approximate surface area is 175 Å². The summed E-state index contributed by atoms with van der Waals surface area (Å²) in [5.74, 6) is 1.08. The normalized spacial score (nSPS) is 11.4. The first-order valence-corrected chi connectivity index (χ1v) is 11.3. The van der Waals surface area contributed by atoms with Crippen molar-refractivity contribution < 1.29 is 17.6 Å². The van der Waals surface area contributed by atoms with E-state index in [0.29, 0.717) is 23.7 Å². The van der Waals surface area contributed by atoms with Crippen LogP contribution in [0.4, 0.5) is 5.88 Å². The standard InChI is InChI=1S/C21H23ClN2O4S/c1-3-5-14-23-20-21(29(25,26)18-12-8-16(22)9-13-18)24-19(28-20)15-6-10-17(11-7-15)27-4-2/h6-13,23H,3-5,14H2,1-2H3. The lowest BCUT2D eigenvalue weighted by Gasteiger charge is -2.05. The van der Waals surface area contributed by atoms with Crippen molar-refractivity contribution in [1.29, 1.82) is 0 Å². The third-order valence-electron chi connectivity index (χ3n) is 4.20. The van der Waals surface area contributed by atoms with E-state index in [1.165, 1.54) is 24.3 Å². The fourth-order valence-electron chi connectivity index (χ4n) is 2.69. The third kappa shape index (κ3) is 4.92. The van der Waals surface area contributed by atoms with E-state index >= 15 is 0 Å². The maximum Gasteiger partial charge on any atom is 0.233 e. The number of oxazole rings is 1. The maximum absolute atomic E-state index is 13.2. The van der Waals surface area contributed by atoms with Crippen LogP contribution in [0.15, 0.2) is 62.9 Å².